The summed E-state index contributed by atoms with van der Waals surface area (Å²) in [5, 5.41) is 16.4. The predicted molar refractivity (Wildman–Crippen MR) is 86.9 cm³/mol. The van der Waals surface area contributed by atoms with Crippen LogP contribution in [-0.2, 0) is 6.18 Å². The Morgan fingerprint density at radius 1 is 1.24 bits per heavy atom. The highest BCUT2D eigenvalue weighted by Gasteiger charge is 2.34. The van der Waals surface area contributed by atoms with Gasteiger partial charge >= 0.3 is 6.18 Å². The van der Waals surface area contributed by atoms with Crippen LogP contribution in [0, 0.1) is 17.0 Å². The van der Waals surface area contributed by atoms with Crippen molar-refractivity contribution < 1.29 is 18.1 Å². The second-order valence-corrected chi connectivity index (χ2v) is 5.59. The lowest BCUT2D eigenvalue weighted by molar-refractivity contribution is -0.385. The van der Waals surface area contributed by atoms with Gasteiger partial charge in [-0.1, -0.05) is 6.07 Å². The normalized spacial score (nSPS) is 11.5. The van der Waals surface area contributed by atoms with Gasteiger partial charge in [0.05, 0.1) is 10.5 Å². The molecule has 1 aromatic heterocycles. The average molecular weight is 355 g/mol. The summed E-state index contributed by atoms with van der Waals surface area (Å²) in [6.07, 6.45) is -4.65. The minimum Gasteiger partial charge on any atom is -0.352 e. The summed E-state index contributed by atoms with van der Waals surface area (Å²) in [7, 11) is 0. The minimum absolute atomic E-state index is 0.117. The van der Waals surface area contributed by atoms with Crippen LogP contribution in [0.2, 0.25) is 0 Å². The van der Waals surface area contributed by atoms with Crippen LogP contribution in [0.5, 0.6) is 0 Å². The Hall–Kier alpha value is -2.91. The molecular formula is C15H16F3N5O2. The van der Waals surface area contributed by atoms with Crippen molar-refractivity contribution in [3.8, 4) is 0 Å². The van der Waals surface area contributed by atoms with Crippen molar-refractivity contribution in [3.05, 3.63) is 45.6 Å². The molecule has 7 nitrogen and oxygen atoms in total. The van der Waals surface area contributed by atoms with Crippen LogP contribution < -0.4 is 10.6 Å². The van der Waals surface area contributed by atoms with Gasteiger partial charge < -0.3 is 10.6 Å². The lowest BCUT2D eigenvalue weighted by Gasteiger charge is -2.15. The molecule has 0 amide bonds. The number of aromatic nitrogens is 2. The highest BCUT2D eigenvalue weighted by Crippen LogP contribution is 2.32. The van der Waals surface area contributed by atoms with Gasteiger partial charge in [-0.15, -0.1) is 0 Å². The van der Waals surface area contributed by atoms with Gasteiger partial charge in [0.15, 0.2) is 5.69 Å². The number of rotatable bonds is 5. The second kappa shape index (κ2) is 6.91. The number of nitrogens with one attached hydrogen (secondary N) is 2. The Labute approximate surface area is 141 Å². The zero-order chi connectivity index (χ0) is 18.8. The lowest BCUT2D eigenvalue weighted by Crippen LogP contribution is -2.17. The van der Waals surface area contributed by atoms with Gasteiger partial charge in [-0.3, -0.25) is 10.1 Å². The molecule has 2 rings (SSSR count). The summed E-state index contributed by atoms with van der Waals surface area (Å²) in [6.45, 7) is 4.97. The summed E-state index contributed by atoms with van der Waals surface area (Å²) in [6, 6.07) is 4.85. The van der Waals surface area contributed by atoms with Crippen molar-refractivity contribution in [2.24, 2.45) is 0 Å². The maximum absolute atomic E-state index is 13.0. The third kappa shape index (κ3) is 4.55. The topological polar surface area (TPSA) is 93.0 Å². The first-order chi connectivity index (χ1) is 11.6. The Bertz CT molecular complexity index is 793. The Morgan fingerprint density at radius 2 is 1.92 bits per heavy atom. The van der Waals surface area contributed by atoms with E-state index in [2.05, 4.69) is 20.6 Å². The Balaban J connectivity index is 2.45. The van der Waals surface area contributed by atoms with Crippen molar-refractivity contribution in [1.29, 1.82) is 0 Å². The number of hydrogen-bond donors (Lipinski definition) is 2. The number of nitrogens with zero attached hydrogens (tertiary/aromatic N) is 3. The van der Waals surface area contributed by atoms with Gasteiger partial charge in [-0.2, -0.15) is 18.2 Å². The van der Waals surface area contributed by atoms with Crippen LogP contribution in [0.15, 0.2) is 24.3 Å². The third-order valence-corrected chi connectivity index (χ3v) is 3.20. The van der Waals surface area contributed by atoms with E-state index in [1.54, 1.807) is 13.8 Å². The fraction of sp³-hybridized carbons (Fsp3) is 0.333. The minimum atomic E-state index is -4.65. The van der Waals surface area contributed by atoms with Crippen molar-refractivity contribution in [3.63, 3.8) is 0 Å². The number of hydrogen-bond acceptors (Lipinski definition) is 6. The molecule has 0 aliphatic carbocycles. The monoisotopic (exact) mass is 355 g/mol. The van der Waals surface area contributed by atoms with Crippen molar-refractivity contribution >= 4 is 23.1 Å². The number of alkyl halides is 3. The molecule has 2 N–H and O–H groups in total. The highest BCUT2D eigenvalue weighted by molar-refractivity contribution is 5.66. The van der Waals surface area contributed by atoms with E-state index in [1.807, 2.05) is 0 Å². The van der Waals surface area contributed by atoms with E-state index in [-0.39, 0.29) is 34.7 Å². The molecule has 0 unspecified atom stereocenters. The number of nitro benzene ring substituents is 1. The molecule has 0 aliphatic rings. The molecule has 0 saturated heterocycles. The van der Waals surface area contributed by atoms with Gasteiger partial charge in [0.1, 0.15) is 5.82 Å². The zero-order valence-corrected chi connectivity index (χ0v) is 13.7. The van der Waals surface area contributed by atoms with E-state index < -0.39 is 16.8 Å². The molecule has 1 heterocycles. The summed E-state index contributed by atoms with van der Waals surface area (Å²) in [5.74, 6) is -0.301. The van der Waals surface area contributed by atoms with Crippen molar-refractivity contribution in [1.82, 2.24) is 9.97 Å². The largest absolute Gasteiger partial charge is 0.433 e. The highest BCUT2D eigenvalue weighted by atomic mass is 19.4. The van der Waals surface area contributed by atoms with E-state index in [0.717, 1.165) is 6.07 Å². The summed E-state index contributed by atoms with van der Waals surface area (Å²) in [4.78, 5) is 17.9. The first-order valence-electron chi connectivity index (χ1n) is 7.31. The summed E-state index contributed by atoms with van der Waals surface area (Å²) in [5.41, 5.74) is -0.679. The molecular weight excluding hydrogens is 339 g/mol. The Morgan fingerprint density at radius 3 is 2.48 bits per heavy atom. The van der Waals surface area contributed by atoms with Gasteiger partial charge in [0.25, 0.3) is 5.69 Å². The van der Waals surface area contributed by atoms with Gasteiger partial charge in [0, 0.05) is 23.9 Å². The van der Waals surface area contributed by atoms with E-state index in [4.69, 9.17) is 0 Å². The molecule has 0 saturated carbocycles. The fourth-order valence-corrected chi connectivity index (χ4v) is 2.07. The second-order valence-electron chi connectivity index (χ2n) is 5.59. The van der Waals surface area contributed by atoms with Gasteiger partial charge in [-0.25, -0.2) is 4.98 Å². The number of nitro groups is 1. The molecule has 0 atom stereocenters. The molecule has 0 bridgehead atoms. The van der Waals surface area contributed by atoms with E-state index >= 15 is 0 Å². The van der Waals surface area contributed by atoms with Crippen LogP contribution >= 0.6 is 0 Å². The lowest BCUT2D eigenvalue weighted by atomic mass is 10.1. The van der Waals surface area contributed by atoms with E-state index in [1.165, 1.54) is 25.1 Å². The van der Waals surface area contributed by atoms with Crippen LogP contribution in [0.3, 0.4) is 0 Å². The van der Waals surface area contributed by atoms with Crippen LogP contribution in [0.25, 0.3) is 0 Å². The first-order valence-corrected chi connectivity index (χ1v) is 7.31. The molecule has 134 valence electrons. The first kappa shape index (κ1) is 18.4. The molecule has 0 spiro atoms. The maximum Gasteiger partial charge on any atom is 0.433 e. The van der Waals surface area contributed by atoms with Crippen LogP contribution in [-0.4, -0.2) is 20.9 Å². The molecule has 1 aromatic carbocycles. The van der Waals surface area contributed by atoms with Gasteiger partial charge in [-0.05, 0) is 26.8 Å². The average Bonchev–Trinajstić information content (AvgIpc) is 2.47. The van der Waals surface area contributed by atoms with Crippen molar-refractivity contribution in [2.75, 3.05) is 10.6 Å². The Kier molecular flexibility index (Phi) is 5.10. The molecule has 25 heavy (non-hydrogen) atoms. The SMILES string of the molecule is Cc1c(Nc2cc(C(F)(F)F)nc(NC(C)C)n2)cccc1[N+](=O)[O-]. The van der Waals surface area contributed by atoms with Crippen molar-refractivity contribution in [2.45, 2.75) is 33.0 Å². The number of halogens is 3. The molecule has 10 heteroatoms. The number of anilines is 3. The zero-order valence-electron chi connectivity index (χ0n) is 13.7. The predicted octanol–water partition coefficient (Wildman–Crippen LogP) is 4.28. The smallest absolute Gasteiger partial charge is 0.352 e. The van der Waals surface area contributed by atoms with E-state index in [0.29, 0.717) is 0 Å². The number of benzene rings is 1. The third-order valence-electron chi connectivity index (χ3n) is 3.20. The van der Waals surface area contributed by atoms with Gasteiger partial charge in [0.2, 0.25) is 5.95 Å². The van der Waals surface area contributed by atoms with E-state index in [9.17, 15) is 23.3 Å². The van der Waals surface area contributed by atoms with Crippen LogP contribution in [0.4, 0.5) is 36.3 Å². The molecule has 0 fully saturated rings. The maximum atomic E-state index is 13.0. The quantitative estimate of drug-likeness (QED) is 0.614. The molecule has 0 aliphatic heterocycles. The van der Waals surface area contributed by atoms with Crippen LogP contribution in [0.1, 0.15) is 25.1 Å². The fourth-order valence-electron chi connectivity index (χ4n) is 2.07. The summed E-state index contributed by atoms with van der Waals surface area (Å²) < 4.78 is 39.1. The molecule has 2 aromatic rings. The molecule has 0 radical (unpaired) electrons. The summed E-state index contributed by atoms with van der Waals surface area (Å²) >= 11 is 0. The standard InChI is InChI=1S/C15H16F3N5O2/c1-8(2)19-14-21-12(15(16,17)18)7-13(22-14)20-10-5-4-6-11(9(10)3)23(24)25/h4-8H,1-3H3,(H2,19,20,21,22).